The molecule has 0 aliphatic carbocycles. The molecule has 2 heterocycles. The third-order valence-corrected chi connectivity index (χ3v) is 4.79. The third-order valence-electron chi connectivity index (χ3n) is 4.79. The Morgan fingerprint density at radius 2 is 2.11 bits per heavy atom. The zero-order valence-electron chi connectivity index (χ0n) is 16.4. The Morgan fingerprint density at radius 3 is 2.78 bits per heavy atom. The number of likely N-dealkylation sites (tertiary alicyclic amines) is 1. The van der Waals surface area contributed by atoms with Crippen LogP contribution in [0.1, 0.15) is 25.3 Å². The summed E-state index contributed by atoms with van der Waals surface area (Å²) in [5.41, 5.74) is 3.49. The van der Waals surface area contributed by atoms with Gasteiger partial charge in [-0.05, 0) is 43.5 Å². The van der Waals surface area contributed by atoms with Crippen LogP contribution in [0.15, 0.2) is 59.9 Å². The van der Waals surface area contributed by atoms with E-state index in [1.807, 2.05) is 24.0 Å². The molecule has 6 heteroatoms. The minimum absolute atomic E-state index is 0.466. The Hall–Kier alpha value is -2.60. The van der Waals surface area contributed by atoms with Crippen molar-refractivity contribution in [3.8, 4) is 5.69 Å². The van der Waals surface area contributed by atoms with Gasteiger partial charge in [0.2, 0.25) is 0 Å². The summed E-state index contributed by atoms with van der Waals surface area (Å²) in [6.45, 7) is 10.0. The summed E-state index contributed by atoms with van der Waals surface area (Å²) in [6, 6.07) is 10.8. The second-order valence-electron chi connectivity index (χ2n) is 7.20. The zero-order chi connectivity index (χ0) is 19.1. The molecular weight excluding hydrogens is 336 g/mol. The number of nitrogens with one attached hydrogen (secondary N) is 2. The normalized spacial score (nSPS) is 16.3. The number of guanidine groups is 1. The molecule has 1 fully saturated rings. The fraction of sp³-hybridized carbons (Fsp3) is 0.429. The highest BCUT2D eigenvalue weighted by atomic mass is 15.3. The quantitative estimate of drug-likeness (QED) is 0.469. The van der Waals surface area contributed by atoms with Gasteiger partial charge in [-0.1, -0.05) is 24.3 Å². The topological polar surface area (TPSA) is 57.5 Å². The van der Waals surface area contributed by atoms with Crippen LogP contribution in [0.25, 0.3) is 5.69 Å². The number of rotatable bonds is 6. The van der Waals surface area contributed by atoms with Crippen molar-refractivity contribution in [1.29, 1.82) is 0 Å². The van der Waals surface area contributed by atoms with Gasteiger partial charge in [0.05, 0.1) is 5.69 Å². The molecule has 1 aliphatic rings. The monoisotopic (exact) mass is 366 g/mol. The molecule has 2 aromatic rings. The van der Waals surface area contributed by atoms with Crippen LogP contribution in [0.3, 0.4) is 0 Å². The average molecular weight is 367 g/mol. The van der Waals surface area contributed by atoms with Gasteiger partial charge in [-0.2, -0.15) is 5.10 Å². The van der Waals surface area contributed by atoms with Crippen LogP contribution in [-0.4, -0.2) is 53.4 Å². The molecule has 0 unspecified atom stereocenters. The molecule has 144 valence electrons. The molecule has 27 heavy (non-hydrogen) atoms. The van der Waals surface area contributed by atoms with Crippen LogP contribution < -0.4 is 10.6 Å². The number of piperidine rings is 1. The molecule has 0 radical (unpaired) electrons. The van der Waals surface area contributed by atoms with E-state index in [2.05, 4.69) is 63.4 Å². The highest BCUT2D eigenvalue weighted by molar-refractivity contribution is 5.80. The van der Waals surface area contributed by atoms with Crippen molar-refractivity contribution in [1.82, 2.24) is 25.3 Å². The summed E-state index contributed by atoms with van der Waals surface area (Å²) >= 11 is 0. The van der Waals surface area contributed by atoms with Gasteiger partial charge in [0.15, 0.2) is 5.96 Å². The highest BCUT2D eigenvalue weighted by Gasteiger charge is 2.19. The maximum absolute atomic E-state index is 4.39. The number of hydrogen-bond acceptors (Lipinski definition) is 3. The highest BCUT2D eigenvalue weighted by Crippen LogP contribution is 2.12. The van der Waals surface area contributed by atoms with Crippen LogP contribution in [0.5, 0.6) is 0 Å². The Labute approximate surface area is 162 Å². The lowest BCUT2D eigenvalue weighted by molar-refractivity contribution is 0.221. The first kappa shape index (κ1) is 19.2. The second-order valence-corrected chi connectivity index (χ2v) is 7.20. The lowest BCUT2D eigenvalue weighted by atomic mass is 10.0. The van der Waals surface area contributed by atoms with E-state index in [1.165, 1.54) is 11.1 Å². The van der Waals surface area contributed by atoms with Crippen molar-refractivity contribution < 1.29 is 0 Å². The molecule has 1 saturated heterocycles. The van der Waals surface area contributed by atoms with Gasteiger partial charge in [0.1, 0.15) is 0 Å². The van der Waals surface area contributed by atoms with E-state index in [-0.39, 0.29) is 0 Å². The summed E-state index contributed by atoms with van der Waals surface area (Å²) in [4.78, 5) is 6.86. The Kier molecular flexibility index (Phi) is 6.65. The van der Waals surface area contributed by atoms with Gasteiger partial charge in [0.25, 0.3) is 0 Å². The summed E-state index contributed by atoms with van der Waals surface area (Å²) in [5, 5.41) is 11.3. The molecule has 0 bridgehead atoms. The van der Waals surface area contributed by atoms with Crippen LogP contribution in [0.2, 0.25) is 0 Å². The van der Waals surface area contributed by atoms with Gasteiger partial charge < -0.3 is 10.6 Å². The molecule has 2 N–H and O–H groups in total. The lowest BCUT2D eigenvalue weighted by Crippen LogP contribution is -2.48. The average Bonchev–Trinajstić information content (AvgIpc) is 3.21. The maximum atomic E-state index is 4.39. The van der Waals surface area contributed by atoms with Gasteiger partial charge in [-0.25, -0.2) is 4.68 Å². The van der Waals surface area contributed by atoms with Crippen molar-refractivity contribution in [3.05, 3.63) is 60.4 Å². The molecule has 1 aliphatic heterocycles. The molecule has 3 rings (SSSR count). The van der Waals surface area contributed by atoms with E-state index in [1.54, 1.807) is 6.20 Å². The fourth-order valence-electron chi connectivity index (χ4n) is 3.42. The van der Waals surface area contributed by atoms with E-state index in [9.17, 15) is 0 Å². The molecule has 1 aromatic heterocycles. The van der Waals surface area contributed by atoms with Gasteiger partial charge >= 0.3 is 0 Å². The Morgan fingerprint density at radius 1 is 1.30 bits per heavy atom. The third kappa shape index (κ3) is 5.69. The molecule has 0 atom stereocenters. The fourth-order valence-corrected chi connectivity index (χ4v) is 3.42. The van der Waals surface area contributed by atoms with Gasteiger partial charge in [-0.15, -0.1) is 0 Å². The first-order valence-corrected chi connectivity index (χ1v) is 9.57. The molecule has 0 amide bonds. The SMILES string of the molecule is C=C(C)CN1CCC(NC(=NC)NCc2cccc(-n3cccn3)c2)CC1. The first-order chi connectivity index (χ1) is 13.1. The number of hydrogen-bond donors (Lipinski definition) is 2. The minimum atomic E-state index is 0.466. The zero-order valence-corrected chi connectivity index (χ0v) is 16.4. The van der Waals surface area contributed by atoms with Gasteiger partial charge in [0, 0.05) is 51.7 Å². The standard InChI is InChI=1S/C21H30N6/c1-17(2)16-26-12-8-19(9-13-26)25-21(22-3)23-15-18-6-4-7-20(14-18)27-11-5-10-24-27/h4-7,10-11,14,19H,1,8-9,12-13,15-16H2,2-3H3,(H2,22,23,25). The molecule has 6 nitrogen and oxygen atoms in total. The molecule has 0 saturated carbocycles. The van der Waals surface area contributed by atoms with Gasteiger partial charge in [-0.3, -0.25) is 9.89 Å². The van der Waals surface area contributed by atoms with E-state index in [0.29, 0.717) is 6.04 Å². The Bertz CT molecular complexity index is 757. The molecular formula is C21H30N6. The van der Waals surface area contributed by atoms with Crippen LogP contribution in [0, 0.1) is 0 Å². The van der Waals surface area contributed by atoms with E-state index >= 15 is 0 Å². The minimum Gasteiger partial charge on any atom is -0.354 e. The second kappa shape index (κ2) is 9.37. The van der Waals surface area contributed by atoms with E-state index < -0.39 is 0 Å². The largest absolute Gasteiger partial charge is 0.354 e. The number of aromatic nitrogens is 2. The van der Waals surface area contributed by atoms with E-state index in [4.69, 9.17) is 0 Å². The Balaban J connectivity index is 1.49. The summed E-state index contributed by atoms with van der Waals surface area (Å²) in [5.74, 6) is 0.859. The van der Waals surface area contributed by atoms with Crippen LogP contribution in [-0.2, 0) is 6.54 Å². The summed E-state index contributed by atoms with van der Waals surface area (Å²) < 4.78 is 1.87. The lowest BCUT2D eigenvalue weighted by Gasteiger charge is -2.33. The smallest absolute Gasteiger partial charge is 0.191 e. The van der Waals surface area contributed by atoms with Crippen molar-refractivity contribution in [2.24, 2.45) is 4.99 Å². The van der Waals surface area contributed by atoms with Crippen molar-refractivity contribution in [3.63, 3.8) is 0 Å². The molecule has 0 spiro atoms. The number of aliphatic imine (C=N–C) groups is 1. The summed E-state index contributed by atoms with van der Waals surface area (Å²) in [7, 11) is 1.83. The van der Waals surface area contributed by atoms with Crippen molar-refractivity contribution in [2.45, 2.75) is 32.4 Å². The van der Waals surface area contributed by atoms with Crippen LogP contribution >= 0.6 is 0 Å². The predicted octanol–water partition coefficient (Wildman–Crippen LogP) is 2.58. The first-order valence-electron chi connectivity index (χ1n) is 9.57. The number of nitrogens with zero attached hydrogens (tertiary/aromatic N) is 4. The predicted molar refractivity (Wildman–Crippen MR) is 111 cm³/mol. The number of benzene rings is 1. The van der Waals surface area contributed by atoms with Crippen molar-refractivity contribution in [2.75, 3.05) is 26.7 Å². The van der Waals surface area contributed by atoms with Crippen molar-refractivity contribution >= 4 is 5.96 Å². The molecule has 1 aromatic carbocycles. The summed E-state index contributed by atoms with van der Waals surface area (Å²) in [6.07, 6.45) is 6.00. The van der Waals surface area contributed by atoms with E-state index in [0.717, 1.165) is 50.7 Å². The van der Waals surface area contributed by atoms with Crippen LogP contribution in [0.4, 0.5) is 0 Å². The maximum Gasteiger partial charge on any atom is 0.191 e.